The van der Waals surface area contributed by atoms with E-state index < -0.39 is 0 Å². The van der Waals surface area contributed by atoms with Gasteiger partial charge in [-0.2, -0.15) is 0 Å². The van der Waals surface area contributed by atoms with Crippen LogP contribution in [0.15, 0.2) is 90.4 Å². The molecular formula is C24H24BN. The van der Waals surface area contributed by atoms with Gasteiger partial charge in [-0.25, -0.2) is 0 Å². The van der Waals surface area contributed by atoms with Gasteiger partial charge in [0.1, 0.15) is 7.85 Å². The van der Waals surface area contributed by atoms with Gasteiger partial charge in [-0.3, -0.25) is 0 Å². The van der Waals surface area contributed by atoms with Crippen molar-refractivity contribution in [1.29, 1.82) is 0 Å². The summed E-state index contributed by atoms with van der Waals surface area (Å²) in [5.74, 6) is 1.87. The van der Waals surface area contributed by atoms with E-state index in [0.717, 1.165) is 0 Å². The van der Waals surface area contributed by atoms with E-state index in [4.69, 9.17) is 0 Å². The molecule has 0 saturated heterocycles. The molecule has 4 atom stereocenters. The second-order valence-electron chi connectivity index (χ2n) is 7.85. The van der Waals surface area contributed by atoms with Crippen molar-refractivity contribution in [3.8, 4) is 0 Å². The molecule has 0 saturated carbocycles. The van der Waals surface area contributed by atoms with Gasteiger partial charge in [0, 0.05) is 17.3 Å². The highest BCUT2D eigenvalue weighted by Crippen LogP contribution is 2.51. The van der Waals surface area contributed by atoms with Crippen LogP contribution in [0.5, 0.6) is 0 Å². The van der Waals surface area contributed by atoms with Crippen LogP contribution in [-0.4, -0.2) is 13.9 Å². The van der Waals surface area contributed by atoms with Crippen LogP contribution in [0, 0.1) is 11.8 Å². The third-order valence-electron chi connectivity index (χ3n) is 6.29. The maximum atomic E-state index is 2.54. The van der Waals surface area contributed by atoms with Gasteiger partial charge in [0.15, 0.2) is 0 Å². The number of benzene rings is 2. The molecular weight excluding hydrogens is 313 g/mol. The Bertz CT molecular complexity index is 895. The van der Waals surface area contributed by atoms with E-state index >= 15 is 0 Å². The molecule has 0 N–H and O–H groups in total. The molecule has 2 aromatic carbocycles. The highest BCUT2D eigenvalue weighted by molar-refractivity contribution is 6.23. The van der Waals surface area contributed by atoms with E-state index in [9.17, 15) is 0 Å². The third kappa shape index (κ3) is 2.56. The van der Waals surface area contributed by atoms with Crippen LogP contribution in [0.3, 0.4) is 0 Å². The first-order valence-corrected chi connectivity index (χ1v) is 9.78. The van der Waals surface area contributed by atoms with E-state index in [1.807, 2.05) is 0 Å². The third-order valence-corrected chi connectivity index (χ3v) is 6.29. The van der Waals surface area contributed by atoms with Gasteiger partial charge in [0.05, 0.1) is 6.04 Å². The second kappa shape index (κ2) is 6.35. The van der Waals surface area contributed by atoms with Crippen LogP contribution in [0.4, 0.5) is 11.4 Å². The van der Waals surface area contributed by atoms with Crippen molar-refractivity contribution < 1.29 is 0 Å². The number of allylic oxidation sites excluding steroid dienone is 5. The fourth-order valence-electron chi connectivity index (χ4n) is 4.94. The molecule has 0 aromatic heterocycles. The van der Waals surface area contributed by atoms with E-state index in [1.54, 1.807) is 0 Å². The quantitative estimate of drug-likeness (QED) is 0.553. The number of hydrogen-bond donors (Lipinski definition) is 0. The minimum Gasteiger partial charge on any atom is -0.334 e. The van der Waals surface area contributed by atoms with Gasteiger partial charge in [0.2, 0.25) is 0 Å². The summed E-state index contributed by atoms with van der Waals surface area (Å²) in [4.78, 5) is 2.54. The average Bonchev–Trinajstić information content (AvgIpc) is 3.03. The monoisotopic (exact) mass is 337 g/mol. The maximum absolute atomic E-state index is 2.54. The first-order chi connectivity index (χ1) is 12.8. The summed E-state index contributed by atoms with van der Waals surface area (Å²) in [6, 6.07) is 20.3. The number of anilines is 2. The Morgan fingerprint density at radius 1 is 0.846 bits per heavy atom. The lowest BCUT2D eigenvalue weighted by Gasteiger charge is -2.35. The van der Waals surface area contributed by atoms with Crippen molar-refractivity contribution in [2.24, 2.45) is 11.8 Å². The highest BCUT2D eigenvalue weighted by Gasteiger charge is 2.41. The molecule has 0 bridgehead atoms. The van der Waals surface area contributed by atoms with Gasteiger partial charge < -0.3 is 4.90 Å². The molecule has 4 unspecified atom stereocenters. The average molecular weight is 337 g/mol. The van der Waals surface area contributed by atoms with Crippen molar-refractivity contribution >= 4 is 19.2 Å². The second-order valence-corrected chi connectivity index (χ2v) is 7.85. The Balaban J connectivity index is 1.51. The molecule has 26 heavy (non-hydrogen) atoms. The van der Waals surface area contributed by atoms with Crippen molar-refractivity contribution in [3.05, 3.63) is 96.0 Å². The molecule has 0 radical (unpaired) electrons. The number of nitrogens with zero attached hydrogens (tertiary/aromatic N) is 1. The SMILES string of the molecule is BC1=CCC(C2C=CC3C(C2)c2ccccc2N3c2ccccc2)C=C1. The molecule has 3 aliphatic rings. The van der Waals surface area contributed by atoms with Crippen LogP contribution in [0.25, 0.3) is 0 Å². The predicted octanol–water partition coefficient (Wildman–Crippen LogP) is 4.96. The number of fused-ring (bicyclic) bond motifs is 3. The largest absolute Gasteiger partial charge is 0.334 e. The van der Waals surface area contributed by atoms with Crippen molar-refractivity contribution in [1.82, 2.24) is 0 Å². The smallest absolute Gasteiger partial charge is 0.138 e. The van der Waals surface area contributed by atoms with Crippen LogP contribution in [0.1, 0.15) is 24.3 Å². The number of rotatable bonds is 2. The zero-order chi connectivity index (χ0) is 17.5. The summed E-state index contributed by atoms with van der Waals surface area (Å²) in [5, 5.41) is 0. The maximum Gasteiger partial charge on any atom is 0.138 e. The topological polar surface area (TPSA) is 3.24 Å². The minimum absolute atomic E-state index is 0.441. The normalized spacial score (nSPS) is 29.2. The molecule has 2 heteroatoms. The molecule has 5 rings (SSSR count). The molecule has 128 valence electrons. The Labute approximate surface area is 157 Å². The Morgan fingerprint density at radius 2 is 1.65 bits per heavy atom. The zero-order valence-corrected chi connectivity index (χ0v) is 15.3. The molecule has 0 fully saturated rings. The van der Waals surface area contributed by atoms with Crippen molar-refractivity contribution in [3.63, 3.8) is 0 Å². The Hall–Kier alpha value is -2.48. The molecule has 1 heterocycles. The van der Waals surface area contributed by atoms with E-state index in [0.29, 0.717) is 23.8 Å². The molecule has 2 aliphatic carbocycles. The lowest BCUT2D eigenvalue weighted by Crippen LogP contribution is -2.33. The van der Waals surface area contributed by atoms with Crippen LogP contribution in [0.2, 0.25) is 0 Å². The van der Waals surface area contributed by atoms with Gasteiger partial charge in [-0.15, -0.1) is 0 Å². The van der Waals surface area contributed by atoms with Gasteiger partial charge in [-0.1, -0.05) is 72.3 Å². The van der Waals surface area contributed by atoms with Crippen molar-refractivity contribution in [2.75, 3.05) is 4.90 Å². The first-order valence-electron chi connectivity index (χ1n) is 9.78. The summed E-state index contributed by atoms with van der Waals surface area (Å²) in [6.07, 6.45) is 14.5. The zero-order valence-electron chi connectivity index (χ0n) is 15.3. The lowest BCUT2D eigenvalue weighted by atomic mass is 9.72. The summed E-state index contributed by atoms with van der Waals surface area (Å²) in [7, 11) is 2.20. The first kappa shape index (κ1) is 15.8. The molecule has 0 spiro atoms. The van der Waals surface area contributed by atoms with Crippen LogP contribution >= 0.6 is 0 Å². The lowest BCUT2D eigenvalue weighted by molar-refractivity contribution is 0.382. The standard InChI is InChI=1S/C24H24BN/c25-19-13-10-17(11-14-19)18-12-15-24-22(16-18)21-8-4-5-9-23(21)26(24)20-6-2-1-3-7-20/h1-10,12-15,17-18,22,24H,11,16,25H2. The van der Waals surface area contributed by atoms with Gasteiger partial charge >= 0.3 is 0 Å². The fraction of sp³-hybridized carbons (Fsp3) is 0.250. The Kier molecular flexibility index (Phi) is 3.85. The van der Waals surface area contributed by atoms with Gasteiger partial charge in [0.25, 0.3) is 0 Å². The van der Waals surface area contributed by atoms with E-state index in [-0.39, 0.29) is 0 Å². The van der Waals surface area contributed by atoms with E-state index in [2.05, 4.69) is 97.7 Å². The van der Waals surface area contributed by atoms with E-state index in [1.165, 1.54) is 35.3 Å². The summed E-state index contributed by atoms with van der Waals surface area (Å²) < 4.78 is 0. The highest BCUT2D eigenvalue weighted by atomic mass is 15.2. The summed E-state index contributed by atoms with van der Waals surface area (Å²) in [5.41, 5.74) is 5.60. The van der Waals surface area contributed by atoms with Crippen molar-refractivity contribution in [2.45, 2.75) is 24.8 Å². The summed E-state index contributed by atoms with van der Waals surface area (Å²) >= 11 is 0. The predicted molar refractivity (Wildman–Crippen MR) is 113 cm³/mol. The molecule has 0 amide bonds. The number of para-hydroxylation sites is 2. The van der Waals surface area contributed by atoms with Gasteiger partial charge in [-0.05, 0) is 48.4 Å². The minimum atomic E-state index is 0.441. The molecule has 1 nitrogen and oxygen atoms in total. The fourth-order valence-corrected chi connectivity index (χ4v) is 4.94. The molecule has 1 aliphatic heterocycles. The van der Waals surface area contributed by atoms with Crippen LogP contribution < -0.4 is 4.90 Å². The number of hydrogen-bond acceptors (Lipinski definition) is 1. The molecule has 2 aromatic rings. The van der Waals surface area contributed by atoms with Crippen LogP contribution in [-0.2, 0) is 0 Å². The summed E-state index contributed by atoms with van der Waals surface area (Å²) in [6.45, 7) is 0. The Morgan fingerprint density at radius 3 is 2.46 bits per heavy atom.